The molecule has 0 aromatic heterocycles. The highest BCUT2D eigenvalue weighted by Gasteiger charge is 2.52. The third kappa shape index (κ3) is 24.7. The molecule has 2 heterocycles. The van der Waals surface area contributed by atoms with Crippen LogP contribution in [0.25, 0.3) is 0 Å². The summed E-state index contributed by atoms with van der Waals surface area (Å²) in [7, 11) is 0.856. The van der Waals surface area contributed by atoms with Gasteiger partial charge < -0.3 is 56.6 Å². The van der Waals surface area contributed by atoms with E-state index in [1.165, 1.54) is 14.2 Å². The summed E-state index contributed by atoms with van der Waals surface area (Å²) in [4.78, 5) is 22.5. The van der Waals surface area contributed by atoms with E-state index in [0.29, 0.717) is 18.6 Å². The number of aliphatic hydroxyl groups excluding tert-OH is 1. The van der Waals surface area contributed by atoms with Gasteiger partial charge in [0.15, 0.2) is 16.6 Å². The van der Waals surface area contributed by atoms with Crippen molar-refractivity contribution >= 4 is 39.4 Å². The van der Waals surface area contributed by atoms with E-state index in [1.54, 1.807) is 55.8 Å². The average molecular weight is 1250 g/mol. The van der Waals surface area contributed by atoms with Gasteiger partial charge in [0.1, 0.15) is 48.1 Å². The van der Waals surface area contributed by atoms with Crippen molar-refractivity contribution in [3.63, 3.8) is 0 Å². The van der Waals surface area contributed by atoms with Crippen LogP contribution in [0.5, 0.6) is 11.5 Å². The van der Waals surface area contributed by atoms with Crippen molar-refractivity contribution in [2.24, 2.45) is 10.8 Å². The van der Waals surface area contributed by atoms with Crippen LogP contribution in [0.2, 0.25) is 36.3 Å². The molecule has 2 saturated heterocycles. The van der Waals surface area contributed by atoms with Crippen LogP contribution in [-0.4, -0.2) is 148 Å². The number of benzene rings is 2. The van der Waals surface area contributed by atoms with Crippen molar-refractivity contribution in [2.45, 2.75) is 244 Å². The standard InChI is InChI=1S/C30H49F3O7Si.C25H41F3O6Si.C5H9ClO/c1-28(2,3)27(34)37-18-17-23-26(38-19-20-11-13-21(35-7)14-12-20)25(36-8)22(39-23)15-16-24(30(31,32)33)40-41(9,10)29(4,5)6;1-24(2,3)35(6,7)34-21(25(26,27)28)13-12-19-22(31-5)23(20(33-19)14-15-29)32-16-17-8-10-18(30-4)11-9-17;1-5(2,3)4(6)7/h11-14,22-26H,15-19H2,1-10H3;8-11,19-23,29H,12-16H2,1-7H3;1-3H3/t22-,23+,24?,25+,26+;19-,20+,21?,22+,23?;/m11./s1. The maximum atomic E-state index is 14.1. The van der Waals surface area contributed by atoms with Gasteiger partial charge in [-0.2, -0.15) is 26.3 Å². The van der Waals surface area contributed by atoms with E-state index in [9.17, 15) is 41.0 Å². The molecule has 1 N–H and O–H groups in total. The molecule has 0 aliphatic carbocycles. The summed E-state index contributed by atoms with van der Waals surface area (Å²) >= 11 is 5.11. The van der Waals surface area contributed by atoms with Crippen LogP contribution in [0.4, 0.5) is 26.3 Å². The monoisotopic (exact) mass is 1250 g/mol. The number of rotatable bonds is 25. The van der Waals surface area contributed by atoms with Gasteiger partial charge in [-0.05, 0) is 136 Å². The number of halogens is 7. The Hall–Kier alpha value is -2.88. The summed E-state index contributed by atoms with van der Waals surface area (Å²) in [5.74, 6) is 1.09. The van der Waals surface area contributed by atoms with Crippen molar-refractivity contribution < 1.29 is 92.5 Å². The number of carbonyl (C=O) groups is 2. The highest BCUT2D eigenvalue weighted by Crippen LogP contribution is 2.44. The number of carbonyl (C=O) groups excluding carboxylic acids is 2. The first-order valence-corrected chi connectivity index (χ1v) is 34.5. The van der Waals surface area contributed by atoms with Gasteiger partial charge in [0, 0.05) is 32.7 Å². The first-order chi connectivity index (χ1) is 38.0. The molecule has 4 rings (SSSR count). The quantitative estimate of drug-likeness (QED) is 0.0434. The summed E-state index contributed by atoms with van der Waals surface area (Å²) in [6.45, 7) is 29.8. The predicted octanol–water partition coefficient (Wildman–Crippen LogP) is 14.4. The fraction of sp³-hybridized carbons (Fsp3) is 0.767. The zero-order chi connectivity index (χ0) is 63.7. The maximum Gasteiger partial charge on any atom is 0.413 e. The van der Waals surface area contributed by atoms with Gasteiger partial charge in [0.25, 0.3) is 0 Å². The van der Waals surface area contributed by atoms with Crippen molar-refractivity contribution in [2.75, 3.05) is 41.7 Å². The molecule has 0 bridgehead atoms. The molecule has 0 saturated carbocycles. The Balaban J connectivity index is 0.000000512. The zero-order valence-electron chi connectivity index (χ0n) is 52.9. The highest BCUT2D eigenvalue weighted by molar-refractivity contribution is 6.74. The minimum atomic E-state index is -4.51. The largest absolute Gasteiger partial charge is 0.497 e. The second kappa shape index (κ2) is 32.4. The van der Waals surface area contributed by atoms with Gasteiger partial charge in [0.05, 0.1) is 63.9 Å². The smallest absolute Gasteiger partial charge is 0.413 e. The third-order valence-electron chi connectivity index (χ3n) is 15.5. The normalized spacial score (nSPS) is 22.7. The summed E-state index contributed by atoms with van der Waals surface area (Å²) in [5.41, 5.74) is 0.769. The van der Waals surface area contributed by atoms with Gasteiger partial charge in [-0.25, -0.2) is 0 Å². The molecule has 10 atom stereocenters. The molecule has 83 heavy (non-hydrogen) atoms. The van der Waals surface area contributed by atoms with E-state index < -0.39 is 95.4 Å². The summed E-state index contributed by atoms with van der Waals surface area (Å²) < 4.78 is 147. The predicted molar refractivity (Wildman–Crippen MR) is 314 cm³/mol. The SMILES string of the molecule is CC(C)(C)C(=O)Cl.COc1ccc(COC2[C@H](CCO)O[C@H](CCC(O[Si](C)(C)C(C)(C)C)C(F)(F)F)[C@@H]2OC)cc1.COc1ccc(CO[C@@H]2[C@@H](OC)[C@@H](CCC(O[Si](C)(C)C(C)(C)C)C(F)(F)F)O[C@H]2CCOC(=O)C(C)(C)C)cc1. The summed E-state index contributed by atoms with van der Waals surface area (Å²) in [6, 6.07) is 14.8. The lowest BCUT2D eigenvalue weighted by Gasteiger charge is -2.40. The molecular weight excluding hydrogens is 1150 g/mol. The zero-order valence-corrected chi connectivity index (χ0v) is 55.6. The van der Waals surface area contributed by atoms with E-state index in [1.807, 2.05) is 116 Å². The minimum absolute atomic E-state index is 0.0674. The highest BCUT2D eigenvalue weighted by atomic mass is 35.5. The molecule has 2 aromatic rings. The summed E-state index contributed by atoms with van der Waals surface area (Å²) in [5, 5.41) is 8.51. The van der Waals surface area contributed by atoms with E-state index >= 15 is 0 Å². The van der Waals surface area contributed by atoms with Crippen LogP contribution >= 0.6 is 11.6 Å². The van der Waals surface area contributed by atoms with Gasteiger partial charge >= 0.3 is 18.3 Å². The molecule has 480 valence electrons. The molecule has 14 nitrogen and oxygen atoms in total. The number of hydrogen-bond donors (Lipinski definition) is 1. The number of aliphatic hydroxyl groups is 1. The van der Waals surface area contributed by atoms with E-state index in [-0.39, 0.29) is 78.8 Å². The minimum Gasteiger partial charge on any atom is -0.497 e. The Morgan fingerprint density at radius 2 is 0.867 bits per heavy atom. The van der Waals surface area contributed by atoms with Crippen LogP contribution in [0.15, 0.2) is 48.5 Å². The number of hydrogen-bond acceptors (Lipinski definition) is 14. The number of esters is 1. The maximum absolute atomic E-state index is 14.1. The van der Waals surface area contributed by atoms with Crippen molar-refractivity contribution in [1.29, 1.82) is 0 Å². The lowest BCUT2D eigenvalue weighted by atomic mass is 9.97. The fourth-order valence-electron chi connectivity index (χ4n) is 8.23. The molecule has 0 radical (unpaired) electrons. The molecule has 2 aliphatic heterocycles. The van der Waals surface area contributed by atoms with Crippen LogP contribution in [0, 0.1) is 10.8 Å². The third-order valence-corrected chi connectivity index (χ3v) is 25.0. The van der Waals surface area contributed by atoms with Gasteiger partial charge in [-0.1, -0.05) is 86.6 Å². The molecule has 23 heteroatoms. The lowest BCUT2D eigenvalue weighted by Crippen LogP contribution is -2.48. The Morgan fingerprint density at radius 3 is 1.13 bits per heavy atom. The van der Waals surface area contributed by atoms with E-state index in [2.05, 4.69) is 0 Å². The van der Waals surface area contributed by atoms with Crippen molar-refractivity contribution in [3.05, 3.63) is 59.7 Å². The van der Waals surface area contributed by atoms with Gasteiger partial charge in [-0.3, -0.25) is 9.59 Å². The Bertz CT molecular complexity index is 2210. The first-order valence-electron chi connectivity index (χ1n) is 28.3. The van der Waals surface area contributed by atoms with Crippen molar-refractivity contribution in [1.82, 2.24) is 0 Å². The van der Waals surface area contributed by atoms with Crippen LogP contribution in [0.1, 0.15) is 133 Å². The molecule has 0 spiro atoms. The van der Waals surface area contributed by atoms with Crippen LogP contribution in [-0.2, 0) is 64.8 Å². The average Bonchev–Trinajstić information content (AvgIpc) is 4.00. The lowest BCUT2D eigenvalue weighted by molar-refractivity contribution is -0.202. The molecule has 2 aliphatic rings. The van der Waals surface area contributed by atoms with Gasteiger partial charge in [-0.15, -0.1) is 0 Å². The van der Waals surface area contributed by atoms with Crippen molar-refractivity contribution in [3.8, 4) is 11.5 Å². The Labute approximate surface area is 498 Å². The van der Waals surface area contributed by atoms with Crippen LogP contribution in [0.3, 0.4) is 0 Å². The van der Waals surface area contributed by atoms with Crippen LogP contribution < -0.4 is 9.47 Å². The fourth-order valence-corrected chi connectivity index (χ4v) is 10.9. The van der Waals surface area contributed by atoms with Gasteiger partial charge in [0.2, 0.25) is 5.24 Å². The molecule has 2 aromatic carbocycles. The first kappa shape index (κ1) is 76.2. The molecule has 0 amide bonds. The Morgan fingerprint density at radius 1 is 0.542 bits per heavy atom. The summed E-state index contributed by atoms with van der Waals surface area (Å²) in [6.07, 6.45) is -17.1. The molecular formula is C60H99ClF6O14Si2. The topological polar surface area (TPSA) is 156 Å². The second-order valence-electron chi connectivity index (χ2n) is 26.3. The second-order valence-corrected chi connectivity index (χ2v) is 36.1. The Kier molecular flexibility index (Phi) is 29.7. The number of alkyl halides is 6. The number of methoxy groups -OCH3 is 4. The molecule has 2 fully saturated rings. The van der Waals surface area contributed by atoms with E-state index in [0.717, 1.165) is 16.9 Å². The molecule has 3 unspecified atom stereocenters. The number of ether oxygens (including phenoxy) is 9. The van der Waals surface area contributed by atoms with E-state index in [4.69, 9.17) is 63.1 Å².